The van der Waals surface area contributed by atoms with Crippen LogP contribution in [0.15, 0.2) is 42.5 Å². The fourth-order valence-electron chi connectivity index (χ4n) is 5.98. The average molecular weight is 668 g/mol. The van der Waals surface area contributed by atoms with Crippen molar-refractivity contribution in [2.45, 2.75) is 110 Å². The van der Waals surface area contributed by atoms with E-state index < -0.39 is 47.9 Å². The fourth-order valence-corrected chi connectivity index (χ4v) is 5.98. The third-order valence-corrected chi connectivity index (χ3v) is 8.78. The van der Waals surface area contributed by atoms with Crippen LogP contribution in [-0.4, -0.2) is 66.2 Å². The third-order valence-electron chi connectivity index (χ3n) is 8.78. The highest BCUT2D eigenvalue weighted by Gasteiger charge is 2.33. The average Bonchev–Trinajstić information content (AvgIpc) is 3.73. The number of rotatable bonds is 17. The molecule has 0 radical (unpaired) electrons. The largest absolute Gasteiger partial charge is 0.458 e. The van der Waals surface area contributed by atoms with E-state index in [4.69, 9.17) is 4.74 Å². The van der Waals surface area contributed by atoms with E-state index in [9.17, 15) is 28.8 Å². The lowest BCUT2D eigenvalue weighted by atomic mass is 9.96. The Morgan fingerprint density at radius 3 is 2.17 bits per heavy atom. The third kappa shape index (κ3) is 12.4. The van der Waals surface area contributed by atoms with Gasteiger partial charge in [0.1, 0.15) is 24.7 Å². The maximum Gasteiger partial charge on any atom is 0.330 e. The maximum absolute atomic E-state index is 13.7. The summed E-state index contributed by atoms with van der Waals surface area (Å²) in [5, 5.41) is 14.1. The van der Waals surface area contributed by atoms with Crippen molar-refractivity contribution < 1.29 is 33.5 Å². The normalized spacial score (nSPS) is 19.0. The van der Waals surface area contributed by atoms with Crippen LogP contribution in [0, 0.1) is 23.7 Å². The number of carbonyl (C=O) groups excluding carboxylic acids is 6. The zero-order chi connectivity index (χ0) is 35.2. The van der Waals surface area contributed by atoms with E-state index in [0.29, 0.717) is 19.4 Å². The molecule has 1 saturated heterocycles. The van der Waals surface area contributed by atoms with Crippen LogP contribution in [0.4, 0.5) is 0 Å². The highest BCUT2D eigenvalue weighted by Crippen LogP contribution is 2.24. The van der Waals surface area contributed by atoms with Crippen molar-refractivity contribution >= 4 is 35.5 Å². The summed E-state index contributed by atoms with van der Waals surface area (Å²) >= 11 is 0. The molecule has 12 heteroatoms. The van der Waals surface area contributed by atoms with Gasteiger partial charge in [0.15, 0.2) is 0 Å². The maximum atomic E-state index is 13.7. The second-order valence-corrected chi connectivity index (χ2v) is 13.7. The molecule has 1 aromatic carbocycles. The molecule has 1 aliphatic carbocycles. The van der Waals surface area contributed by atoms with Crippen LogP contribution in [0.2, 0.25) is 0 Å². The van der Waals surface area contributed by atoms with Crippen LogP contribution < -0.4 is 26.6 Å². The molecule has 1 aliphatic heterocycles. The van der Waals surface area contributed by atoms with Gasteiger partial charge in [-0.15, -0.1) is 0 Å². The smallest absolute Gasteiger partial charge is 0.330 e. The summed E-state index contributed by atoms with van der Waals surface area (Å²) in [4.78, 5) is 77.7. The first-order valence-electron chi connectivity index (χ1n) is 17.2. The minimum Gasteiger partial charge on any atom is -0.458 e. The van der Waals surface area contributed by atoms with Gasteiger partial charge in [0, 0.05) is 30.5 Å². The summed E-state index contributed by atoms with van der Waals surface area (Å²) in [5.41, 5.74) is 0.832. The Kier molecular flexibility index (Phi) is 15.1. The summed E-state index contributed by atoms with van der Waals surface area (Å²) < 4.78 is 5.34. The lowest BCUT2D eigenvalue weighted by Gasteiger charge is -2.28. The Morgan fingerprint density at radius 1 is 0.875 bits per heavy atom. The van der Waals surface area contributed by atoms with Gasteiger partial charge in [0.2, 0.25) is 29.5 Å². The van der Waals surface area contributed by atoms with Gasteiger partial charge >= 0.3 is 5.97 Å². The lowest BCUT2D eigenvalue weighted by Crippen LogP contribution is -2.58. The van der Waals surface area contributed by atoms with Crippen LogP contribution >= 0.6 is 0 Å². The van der Waals surface area contributed by atoms with Crippen molar-refractivity contribution in [3.63, 3.8) is 0 Å². The Hall–Kier alpha value is -4.22. The summed E-state index contributed by atoms with van der Waals surface area (Å²) in [6.07, 6.45) is 7.53. The van der Waals surface area contributed by atoms with Gasteiger partial charge < -0.3 is 31.3 Å². The van der Waals surface area contributed by atoms with E-state index in [2.05, 4.69) is 26.6 Å². The second-order valence-electron chi connectivity index (χ2n) is 13.7. The molecular weight excluding hydrogens is 614 g/mol. The van der Waals surface area contributed by atoms with E-state index in [0.717, 1.165) is 31.2 Å². The molecule has 1 saturated carbocycles. The molecule has 2 fully saturated rings. The minimum absolute atomic E-state index is 0.0292. The topological polar surface area (TPSA) is 172 Å². The highest BCUT2D eigenvalue weighted by molar-refractivity contribution is 5.94. The number of benzene rings is 1. The Morgan fingerprint density at radius 2 is 1.56 bits per heavy atom. The second kappa shape index (κ2) is 18.9. The molecule has 1 heterocycles. The van der Waals surface area contributed by atoms with E-state index in [1.165, 1.54) is 12.2 Å². The van der Waals surface area contributed by atoms with Gasteiger partial charge in [-0.3, -0.25) is 24.0 Å². The molecule has 48 heavy (non-hydrogen) atoms. The summed E-state index contributed by atoms with van der Waals surface area (Å²) in [6, 6.07) is 5.81. The molecule has 3 rings (SSSR count). The summed E-state index contributed by atoms with van der Waals surface area (Å²) in [6.45, 7) is 9.63. The molecule has 264 valence electrons. The minimum atomic E-state index is -0.956. The number of ether oxygens (including phenoxy) is 1. The Bertz CT molecular complexity index is 1290. The van der Waals surface area contributed by atoms with Gasteiger partial charge in [-0.2, -0.15) is 0 Å². The zero-order valence-electron chi connectivity index (χ0n) is 28.9. The number of esters is 1. The van der Waals surface area contributed by atoms with Gasteiger partial charge in [-0.25, -0.2) is 4.79 Å². The van der Waals surface area contributed by atoms with Gasteiger partial charge in [-0.05, 0) is 56.4 Å². The molecule has 0 aromatic heterocycles. The van der Waals surface area contributed by atoms with Crippen molar-refractivity contribution in [3.8, 4) is 0 Å². The Balaban J connectivity index is 1.67. The molecular formula is C36H53N5O7. The quantitative estimate of drug-likeness (QED) is 0.126. The molecule has 0 spiro atoms. The van der Waals surface area contributed by atoms with Crippen LogP contribution in [0.3, 0.4) is 0 Å². The van der Waals surface area contributed by atoms with Crippen LogP contribution in [0.25, 0.3) is 0 Å². The molecule has 12 nitrogen and oxygen atoms in total. The lowest BCUT2D eigenvalue weighted by molar-refractivity contribution is -0.139. The fraction of sp³-hybridized carbons (Fsp3) is 0.611. The first-order valence-corrected chi connectivity index (χ1v) is 17.2. The number of hydrogen-bond donors (Lipinski definition) is 5. The molecule has 0 bridgehead atoms. The van der Waals surface area contributed by atoms with Crippen molar-refractivity contribution in [1.82, 2.24) is 26.6 Å². The number of carbonyl (C=O) groups is 6. The number of amides is 5. The standard InChI is InChI=1S/C36H53N5O7/c1-22(2)19-29(40-36(47)31(23(3)4)41-32(43)24(5)38-34(45)26-13-9-10-14-26)35(46)39-28(20-27-17-18-37-33(27)44)15-16-30(42)48-21-25-11-7-6-8-12-25/h6-8,11-12,15-16,22-24,26-29,31H,9-10,13-14,17-21H2,1-5H3,(H,37,44)(H,38,45)(H,39,46)(H,40,47)(H,41,43)/b16-15+/t24-,27-,28+,29-,31-/m0/s1. The van der Waals surface area contributed by atoms with E-state index in [1.54, 1.807) is 20.8 Å². The number of nitrogens with one attached hydrogen (secondary N) is 5. The number of hydrogen-bond acceptors (Lipinski definition) is 7. The molecule has 5 N–H and O–H groups in total. The monoisotopic (exact) mass is 667 g/mol. The van der Waals surface area contributed by atoms with Gasteiger partial charge in [0.25, 0.3) is 0 Å². The zero-order valence-corrected chi connectivity index (χ0v) is 28.9. The van der Waals surface area contributed by atoms with Crippen molar-refractivity contribution in [2.75, 3.05) is 6.54 Å². The molecule has 5 amide bonds. The Labute approximate surface area is 284 Å². The predicted octanol–water partition coefficient (Wildman–Crippen LogP) is 2.66. The van der Waals surface area contributed by atoms with Crippen LogP contribution in [-0.2, 0) is 40.1 Å². The molecule has 0 unspecified atom stereocenters. The van der Waals surface area contributed by atoms with Crippen molar-refractivity contribution in [1.29, 1.82) is 0 Å². The summed E-state index contributed by atoms with van der Waals surface area (Å²) in [7, 11) is 0. The summed E-state index contributed by atoms with van der Waals surface area (Å²) in [5.74, 6) is -3.09. The molecule has 5 atom stereocenters. The highest BCUT2D eigenvalue weighted by atomic mass is 16.5. The van der Waals surface area contributed by atoms with Crippen LogP contribution in [0.1, 0.15) is 85.1 Å². The molecule has 1 aromatic rings. The van der Waals surface area contributed by atoms with Crippen LogP contribution in [0.5, 0.6) is 0 Å². The van der Waals surface area contributed by atoms with Crippen molar-refractivity contribution in [2.24, 2.45) is 23.7 Å². The van der Waals surface area contributed by atoms with E-state index in [-0.39, 0.29) is 48.5 Å². The van der Waals surface area contributed by atoms with Gasteiger partial charge in [0.05, 0.1) is 0 Å². The SMILES string of the molecule is CC(C)C[C@H](NC(=O)[C@@H](NC(=O)[C@H](C)NC(=O)C1CCCC1)C(C)C)C(=O)N[C@H](/C=C/C(=O)OCc1ccccc1)C[C@@H]1CCNC1=O. The first kappa shape index (κ1) is 38.2. The van der Waals surface area contributed by atoms with Gasteiger partial charge in [-0.1, -0.05) is 76.9 Å². The first-order chi connectivity index (χ1) is 22.8. The van der Waals surface area contributed by atoms with E-state index >= 15 is 0 Å². The predicted molar refractivity (Wildman–Crippen MR) is 181 cm³/mol. The van der Waals surface area contributed by atoms with E-state index in [1.807, 2.05) is 44.2 Å². The molecule has 2 aliphatic rings. The van der Waals surface area contributed by atoms with Crippen molar-refractivity contribution in [3.05, 3.63) is 48.0 Å².